The molecule has 3 aliphatic heterocycles. The van der Waals surface area contributed by atoms with Crippen LogP contribution in [0.1, 0.15) is 24.3 Å². The molecular weight excluding hydrogens is 298 g/mol. The van der Waals surface area contributed by atoms with Crippen LogP contribution in [-0.4, -0.2) is 65.1 Å². The van der Waals surface area contributed by atoms with Crippen LogP contribution in [0.4, 0.5) is 0 Å². The van der Waals surface area contributed by atoms with Crippen molar-refractivity contribution in [3.05, 3.63) is 29.8 Å². The molecular formula is C17H21NO5. The number of hydrogen-bond acceptors (Lipinski definition) is 6. The smallest absolute Gasteiger partial charge is 0.316 e. The summed E-state index contributed by atoms with van der Waals surface area (Å²) in [4.78, 5) is 14.8. The maximum Gasteiger partial charge on any atom is 0.316 e. The molecule has 0 aliphatic carbocycles. The van der Waals surface area contributed by atoms with E-state index < -0.39 is 11.9 Å². The summed E-state index contributed by atoms with van der Waals surface area (Å²) in [7, 11) is 2.11. The highest BCUT2D eigenvalue weighted by molar-refractivity contribution is 5.78. The number of hydrogen-bond donors (Lipinski definition) is 2. The van der Waals surface area contributed by atoms with Gasteiger partial charge in [-0.3, -0.25) is 9.69 Å². The lowest BCUT2D eigenvalue weighted by Gasteiger charge is -2.38. The summed E-state index contributed by atoms with van der Waals surface area (Å²) in [6, 6.07) is 6.95. The summed E-state index contributed by atoms with van der Waals surface area (Å²) in [5.74, 6) is -0.981. The van der Waals surface area contributed by atoms with E-state index in [-0.39, 0.29) is 18.5 Å². The van der Waals surface area contributed by atoms with Gasteiger partial charge in [-0.25, -0.2) is 0 Å². The van der Waals surface area contributed by atoms with Crippen LogP contribution in [0.15, 0.2) is 24.3 Å². The number of epoxide rings is 1. The lowest BCUT2D eigenvalue weighted by atomic mass is 9.97. The molecule has 6 heteroatoms. The summed E-state index contributed by atoms with van der Waals surface area (Å²) in [5.41, 5.74) is 0.650. The van der Waals surface area contributed by atoms with E-state index in [2.05, 4.69) is 11.9 Å². The highest BCUT2D eigenvalue weighted by atomic mass is 16.6. The summed E-state index contributed by atoms with van der Waals surface area (Å²) in [6.45, 7) is -0.308. The quantitative estimate of drug-likeness (QED) is 0.625. The Bertz CT molecular complexity index is 586. The van der Waals surface area contributed by atoms with Gasteiger partial charge in [0.25, 0.3) is 0 Å². The highest BCUT2D eigenvalue weighted by Gasteiger charge is 2.62. The average Bonchev–Trinajstić information content (AvgIpc) is 3.28. The molecule has 1 aromatic carbocycles. The number of carbonyl (C=O) groups is 1. The Kier molecular flexibility index (Phi) is 3.55. The molecule has 0 aromatic heterocycles. The van der Waals surface area contributed by atoms with Crippen LogP contribution in [0.2, 0.25) is 0 Å². The number of nitrogens with zero attached hydrogens (tertiary/aromatic N) is 1. The van der Waals surface area contributed by atoms with Crippen LogP contribution in [0.5, 0.6) is 5.75 Å². The van der Waals surface area contributed by atoms with Gasteiger partial charge in [0.15, 0.2) is 0 Å². The summed E-state index contributed by atoms with van der Waals surface area (Å²) < 4.78 is 11.3. The van der Waals surface area contributed by atoms with E-state index in [0.717, 1.165) is 12.8 Å². The van der Waals surface area contributed by atoms with Crippen LogP contribution in [0, 0.1) is 0 Å². The Labute approximate surface area is 134 Å². The lowest BCUT2D eigenvalue weighted by molar-refractivity contribution is -0.156. The molecule has 124 valence electrons. The predicted octanol–water partition coefficient (Wildman–Crippen LogP) is 0.624. The van der Waals surface area contributed by atoms with Crippen molar-refractivity contribution in [2.24, 2.45) is 0 Å². The number of likely N-dealkylation sites (N-methyl/N-ethyl adjacent to an activating group) is 1. The first-order valence-corrected chi connectivity index (χ1v) is 8.06. The second-order valence-electron chi connectivity index (χ2n) is 6.72. The Morgan fingerprint density at radius 3 is 2.48 bits per heavy atom. The summed E-state index contributed by atoms with van der Waals surface area (Å²) >= 11 is 0. The Morgan fingerprint density at radius 2 is 1.91 bits per heavy atom. The molecule has 0 radical (unpaired) electrons. The van der Waals surface area contributed by atoms with Crippen LogP contribution in [-0.2, 0) is 14.3 Å². The zero-order valence-electron chi connectivity index (χ0n) is 13.0. The van der Waals surface area contributed by atoms with E-state index in [9.17, 15) is 15.0 Å². The predicted molar refractivity (Wildman–Crippen MR) is 81.0 cm³/mol. The number of piperidine rings is 1. The number of fused-ring (bicyclic) bond motifs is 5. The fraction of sp³-hybridized carbons (Fsp3) is 0.588. The van der Waals surface area contributed by atoms with E-state index in [1.54, 1.807) is 12.1 Å². The molecule has 3 heterocycles. The molecule has 23 heavy (non-hydrogen) atoms. The number of rotatable bonds is 4. The summed E-state index contributed by atoms with van der Waals surface area (Å²) in [6.07, 6.45) is 2.07. The van der Waals surface area contributed by atoms with E-state index in [1.165, 1.54) is 12.1 Å². The second-order valence-corrected chi connectivity index (χ2v) is 6.72. The van der Waals surface area contributed by atoms with Crippen LogP contribution >= 0.6 is 0 Å². The lowest BCUT2D eigenvalue weighted by Crippen LogP contribution is -2.48. The molecule has 4 rings (SSSR count). The van der Waals surface area contributed by atoms with Gasteiger partial charge in [-0.15, -0.1) is 0 Å². The van der Waals surface area contributed by atoms with E-state index in [1.807, 2.05) is 0 Å². The molecule has 2 N–H and O–H groups in total. The van der Waals surface area contributed by atoms with Crippen LogP contribution < -0.4 is 0 Å². The zero-order chi connectivity index (χ0) is 16.1. The number of carbonyl (C=O) groups excluding carboxylic acids is 1. The number of benzene rings is 1. The normalized spacial score (nSPS) is 36.3. The van der Waals surface area contributed by atoms with E-state index in [0.29, 0.717) is 29.9 Å². The van der Waals surface area contributed by atoms with Crippen molar-refractivity contribution >= 4 is 5.97 Å². The van der Waals surface area contributed by atoms with Gasteiger partial charge in [-0.1, -0.05) is 12.1 Å². The van der Waals surface area contributed by atoms with Crippen molar-refractivity contribution < 1.29 is 24.5 Å². The minimum absolute atomic E-state index is 0.115. The van der Waals surface area contributed by atoms with E-state index in [4.69, 9.17) is 9.47 Å². The minimum Gasteiger partial charge on any atom is -0.508 e. The zero-order valence-corrected chi connectivity index (χ0v) is 13.0. The molecule has 6 atom stereocenters. The number of aliphatic hydroxyl groups excluding tert-OH is 1. The molecule has 1 aromatic rings. The number of phenols is 1. The van der Waals surface area contributed by atoms with Gasteiger partial charge in [-0.05, 0) is 24.7 Å². The van der Waals surface area contributed by atoms with Gasteiger partial charge in [0.1, 0.15) is 30.0 Å². The van der Waals surface area contributed by atoms with Crippen molar-refractivity contribution in [2.45, 2.75) is 49.2 Å². The van der Waals surface area contributed by atoms with Crippen LogP contribution in [0.3, 0.4) is 0 Å². The Morgan fingerprint density at radius 1 is 1.30 bits per heavy atom. The van der Waals surface area contributed by atoms with Crippen molar-refractivity contribution in [1.29, 1.82) is 0 Å². The molecule has 0 amide bonds. The maximum absolute atomic E-state index is 12.4. The monoisotopic (exact) mass is 319 g/mol. The first-order valence-electron chi connectivity index (χ1n) is 8.06. The number of esters is 1. The Balaban J connectivity index is 1.42. The van der Waals surface area contributed by atoms with Gasteiger partial charge < -0.3 is 19.7 Å². The topological polar surface area (TPSA) is 82.5 Å². The van der Waals surface area contributed by atoms with Crippen molar-refractivity contribution in [3.63, 3.8) is 0 Å². The standard InChI is InChI=1S/C17H21NO5/c1-18-13-6-11(7-14(18)16-15(13)23-16)22-17(21)12(8-19)9-2-4-10(20)5-3-9/h2-5,11-16,19-20H,6-8H2,1H3/t11?,12-,13-,14+,15-,16+/m1/s1. The van der Waals surface area contributed by atoms with Gasteiger partial charge >= 0.3 is 5.97 Å². The third-order valence-electron chi connectivity index (χ3n) is 5.42. The maximum atomic E-state index is 12.4. The van der Waals surface area contributed by atoms with Crippen molar-refractivity contribution in [3.8, 4) is 5.75 Å². The molecule has 3 aliphatic rings. The molecule has 3 fully saturated rings. The molecule has 6 nitrogen and oxygen atoms in total. The van der Waals surface area contributed by atoms with Gasteiger partial charge in [0.2, 0.25) is 0 Å². The number of ether oxygens (including phenoxy) is 2. The van der Waals surface area contributed by atoms with Gasteiger partial charge in [0, 0.05) is 24.9 Å². The molecule has 3 saturated heterocycles. The molecule has 2 bridgehead atoms. The highest BCUT2D eigenvalue weighted by Crippen LogP contribution is 2.48. The van der Waals surface area contributed by atoms with Crippen LogP contribution in [0.25, 0.3) is 0 Å². The fourth-order valence-corrected chi connectivity index (χ4v) is 4.07. The first kappa shape index (κ1) is 14.9. The van der Waals surface area contributed by atoms with Crippen molar-refractivity contribution in [1.82, 2.24) is 4.90 Å². The number of phenolic OH excluding ortho intramolecular Hbond substituents is 1. The number of aliphatic hydroxyl groups is 1. The Hall–Kier alpha value is -1.63. The fourth-order valence-electron chi connectivity index (χ4n) is 4.07. The first-order chi connectivity index (χ1) is 11.1. The third-order valence-corrected chi connectivity index (χ3v) is 5.42. The number of aromatic hydroxyl groups is 1. The summed E-state index contributed by atoms with van der Waals surface area (Å²) in [5, 5.41) is 18.9. The SMILES string of the molecule is CN1[C@@H]2CC(OC(=O)[C@H](CO)c3ccc(O)cc3)C[C@H]1[C@@H]1O[C@@H]12. The van der Waals surface area contributed by atoms with Crippen molar-refractivity contribution in [2.75, 3.05) is 13.7 Å². The largest absolute Gasteiger partial charge is 0.508 e. The average molecular weight is 319 g/mol. The second kappa shape index (κ2) is 5.47. The molecule has 1 unspecified atom stereocenters. The minimum atomic E-state index is -0.710. The molecule has 0 saturated carbocycles. The number of morpholine rings is 1. The van der Waals surface area contributed by atoms with Gasteiger partial charge in [-0.2, -0.15) is 0 Å². The molecule has 0 spiro atoms. The van der Waals surface area contributed by atoms with E-state index >= 15 is 0 Å². The van der Waals surface area contributed by atoms with Gasteiger partial charge in [0.05, 0.1) is 6.61 Å². The third kappa shape index (κ3) is 2.51.